The molecule has 0 radical (unpaired) electrons. The van der Waals surface area contributed by atoms with E-state index < -0.39 is 0 Å². The molecule has 5 nitrogen and oxygen atoms in total. The van der Waals surface area contributed by atoms with Gasteiger partial charge in [0.1, 0.15) is 12.2 Å². The zero-order chi connectivity index (χ0) is 9.84. The Morgan fingerprint density at radius 2 is 2.38 bits per heavy atom. The Balaban J connectivity index is 2.51. The van der Waals surface area contributed by atoms with E-state index in [4.69, 9.17) is 0 Å². The lowest BCUT2D eigenvalue weighted by molar-refractivity contribution is -0.133. The molecule has 0 bridgehead atoms. The second kappa shape index (κ2) is 4.02. The molecular weight excluding hydrogens is 168 g/mol. The second-order valence-electron chi connectivity index (χ2n) is 3.28. The van der Waals surface area contributed by atoms with Crippen LogP contribution in [0.5, 0.6) is 0 Å². The van der Waals surface area contributed by atoms with E-state index >= 15 is 0 Å². The first-order valence-electron chi connectivity index (χ1n) is 4.20. The van der Waals surface area contributed by atoms with Gasteiger partial charge in [-0.2, -0.15) is 5.10 Å². The molecule has 1 amide bonds. The number of carbonyl (C=O) groups is 1. The third-order valence-electron chi connectivity index (χ3n) is 1.72. The van der Waals surface area contributed by atoms with Crippen LogP contribution in [0.1, 0.15) is 19.7 Å². The number of nitrogens with one attached hydrogen (secondary N) is 1. The fourth-order valence-electron chi connectivity index (χ4n) is 1.05. The highest BCUT2D eigenvalue weighted by molar-refractivity contribution is 5.77. The molecule has 0 unspecified atom stereocenters. The molecule has 1 aromatic heterocycles. The summed E-state index contributed by atoms with van der Waals surface area (Å²) in [6, 6.07) is 0. The number of hydrogen-bond acceptors (Lipinski definition) is 3. The first-order chi connectivity index (χ1) is 6.11. The Kier molecular flexibility index (Phi) is 3.00. The Morgan fingerprint density at radius 1 is 1.69 bits per heavy atom. The topological polar surface area (TPSA) is 61.9 Å². The average Bonchev–Trinajstić information content (AvgIpc) is 2.55. The minimum atomic E-state index is 0.0212. The zero-order valence-electron chi connectivity index (χ0n) is 8.11. The van der Waals surface area contributed by atoms with Crippen molar-refractivity contribution in [3.8, 4) is 0 Å². The number of amides is 1. The van der Waals surface area contributed by atoms with E-state index in [1.807, 2.05) is 13.8 Å². The van der Waals surface area contributed by atoms with E-state index in [1.54, 1.807) is 11.9 Å². The van der Waals surface area contributed by atoms with Gasteiger partial charge in [-0.1, -0.05) is 13.8 Å². The lowest BCUT2D eigenvalue weighted by Crippen LogP contribution is -2.30. The van der Waals surface area contributed by atoms with Gasteiger partial charge in [0.25, 0.3) is 0 Å². The lowest BCUT2D eigenvalue weighted by Gasteiger charge is -2.17. The van der Waals surface area contributed by atoms with Crippen molar-refractivity contribution < 1.29 is 4.79 Å². The maximum Gasteiger partial charge on any atom is 0.225 e. The smallest absolute Gasteiger partial charge is 0.225 e. The maximum atomic E-state index is 11.4. The van der Waals surface area contributed by atoms with Crippen LogP contribution in [0.2, 0.25) is 0 Å². The molecule has 0 fully saturated rings. The number of aromatic amines is 1. The summed E-state index contributed by atoms with van der Waals surface area (Å²) >= 11 is 0. The predicted octanol–water partition coefficient (Wildman–Crippen LogP) is 0.419. The summed E-state index contributed by atoms with van der Waals surface area (Å²) < 4.78 is 0. The van der Waals surface area contributed by atoms with Crippen molar-refractivity contribution in [1.29, 1.82) is 0 Å². The van der Waals surface area contributed by atoms with E-state index in [2.05, 4.69) is 15.2 Å². The van der Waals surface area contributed by atoms with Crippen LogP contribution in [0.15, 0.2) is 6.33 Å². The quantitative estimate of drug-likeness (QED) is 0.736. The maximum absolute atomic E-state index is 11.4. The van der Waals surface area contributed by atoms with E-state index in [9.17, 15) is 4.79 Å². The fourth-order valence-corrected chi connectivity index (χ4v) is 1.05. The van der Waals surface area contributed by atoms with Crippen LogP contribution in [0.3, 0.4) is 0 Å². The molecule has 0 aliphatic rings. The van der Waals surface area contributed by atoms with Gasteiger partial charge in [0.05, 0.1) is 6.54 Å². The van der Waals surface area contributed by atoms with Crippen LogP contribution < -0.4 is 0 Å². The van der Waals surface area contributed by atoms with Gasteiger partial charge in [-0.05, 0) is 0 Å². The number of rotatable bonds is 3. The molecule has 0 aliphatic carbocycles. The van der Waals surface area contributed by atoms with Crippen molar-refractivity contribution in [2.75, 3.05) is 7.05 Å². The molecule has 0 aromatic carbocycles. The number of aromatic nitrogens is 3. The summed E-state index contributed by atoms with van der Waals surface area (Å²) in [4.78, 5) is 17.0. The highest BCUT2D eigenvalue weighted by Crippen LogP contribution is 2.01. The van der Waals surface area contributed by atoms with Crippen LogP contribution in [-0.4, -0.2) is 33.0 Å². The molecule has 0 spiro atoms. The van der Waals surface area contributed by atoms with Gasteiger partial charge in [-0.15, -0.1) is 0 Å². The Bertz CT molecular complexity index is 268. The highest BCUT2D eigenvalue weighted by Gasteiger charge is 2.13. The van der Waals surface area contributed by atoms with Crippen molar-refractivity contribution in [2.24, 2.45) is 5.92 Å². The summed E-state index contributed by atoms with van der Waals surface area (Å²) in [6.07, 6.45) is 1.43. The van der Waals surface area contributed by atoms with Gasteiger partial charge in [0, 0.05) is 13.0 Å². The van der Waals surface area contributed by atoms with Crippen LogP contribution in [0, 0.1) is 5.92 Å². The predicted molar refractivity (Wildman–Crippen MR) is 47.7 cm³/mol. The Hall–Kier alpha value is -1.39. The average molecular weight is 182 g/mol. The fraction of sp³-hybridized carbons (Fsp3) is 0.625. The normalized spacial score (nSPS) is 10.5. The van der Waals surface area contributed by atoms with Crippen LogP contribution in [0.25, 0.3) is 0 Å². The van der Waals surface area contributed by atoms with E-state index in [0.717, 1.165) is 0 Å². The minimum Gasteiger partial charge on any atom is -0.338 e. The molecule has 72 valence electrons. The first kappa shape index (κ1) is 9.70. The standard InChI is InChI=1S/C8H14N4O/c1-6(2)8(13)12(3)4-7-9-5-10-11-7/h5-6H,4H2,1-3H3,(H,9,10,11). The first-order valence-corrected chi connectivity index (χ1v) is 4.20. The minimum absolute atomic E-state index is 0.0212. The van der Waals surface area contributed by atoms with E-state index in [0.29, 0.717) is 12.4 Å². The Morgan fingerprint density at radius 3 is 2.85 bits per heavy atom. The highest BCUT2D eigenvalue weighted by atomic mass is 16.2. The molecule has 0 aliphatic heterocycles. The third kappa shape index (κ3) is 2.54. The van der Waals surface area contributed by atoms with Crippen molar-refractivity contribution in [3.63, 3.8) is 0 Å². The van der Waals surface area contributed by atoms with Crippen molar-refractivity contribution >= 4 is 5.91 Å². The Labute approximate surface area is 77.2 Å². The molecule has 1 N–H and O–H groups in total. The number of carbonyl (C=O) groups excluding carboxylic acids is 1. The number of H-pyrrole nitrogens is 1. The molecule has 0 saturated carbocycles. The summed E-state index contributed by atoms with van der Waals surface area (Å²) in [7, 11) is 1.75. The summed E-state index contributed by atoms with van der Waals surface area (Å²) in [5.41, 5.74) is 0. The molecule has 1 aromatic rings. The lowest BCUT2D eigenvalue weighted by atomic mass is 10.2. The monoisotopic (exact) mass is 182 g/mol. The molecule has 0 atom stereocenters. The number of nitrogens with zero attached hydrogens (tertiary/aromatic N) is 3. The number of hydrogen-bond donors (Lipinski definition) is 1. The molecule has 1 rings (SSSR count). The van der Waals surface area contributed by atoms with Crippen LogP contribution in [-0.2, 0) is 11.3 Å². The zero-order valence-corrected chi connectivity index (χ0v) is 8.11. The van der Waals surface area contributed by atoms with Gasteiger partial charge < -0.3 is 4.90 Å². The third-order valence-corrected chi connectivity index (χ3v) is 1.72. The van der Waals surface area contributed by atoms with Crippen LogP contribution >= 0.6 is 0 Å². The molecule has 1 heterocycles. The van der Waals surface area contributed by atoms with E-state index in [1.165, 1.54) is 6.33 Å². The van der Waals surface area contributed by atoms with Gasteiger partial charge in [0.15, 0.2) is 0 Å². The van der Waals surface area contributed by atoms with Gasteiger partial charge in [-0.3, -0.25) is 9.89 Å². The second-order valence-corrected chi connectivity index (χ2v) is 3.28. The van der Waals surface area contributed by atoms with Crippen molar-refractivity contribution in [3.05, 3.63) is 12.2 Å². The summed E-state index contributed by atoms with van der Waals surface area (Å²) in [5, 5.41) is 6.41. The summed E-state index contributed by atoms with van der Waals surface area (Å²) in [6.45, 7) is 4.23. The van der Waals surface area contributed by atoms with E-state index in [-0.39, 0.29) is 11.8 Å². The molecule has 0 saturated heterocycles. The van der Waals surface area contributed by atoms with Gasteiger partial charge in [0.2, 0.25) is 5.91 Å². The summed E-state index contributed by atoms with van der Waals surface area (Å²) in [5.74, 6) is 0.834. The SMILES string of the molecule is CC(C)C(=O)N(C)Cc1ncn[nH]1. The van der Waals surface area contributed by atoms with Gasteiger partial charge in [-0.25, -0.2) is 4.98 Å². The largest absolute Gasteiger partial charge is 0.338 e. The van der Waals surface area contributed by atoms with Crippen molar-refractivity contribution in [1.82, 2.24) is 20.1 Å². The molecule has 13 heavy (non-hydrogen) atoms. The van der Waals surface area contributed by atoms with Gasteiger partial charge >= 0.3 is 0 Å². The molecule has 5 heteroatoms. The van der Waals surface area contributed by atoms with Crippen LogP contribution in [0.4, 0.5) is 0 Å². The van der Waals surface area contributed by atoms with Crippen molar-refractivity contribution in [2.45, 2.75) is 20.4 Å². The molecular formula is C8H14N4O.